The molecule has 9 nitrogen and oxygen atoms in total. The van der Waals surface area contributed by atoms with Crippen molar-refractivity contribution in [1.82, 2.24) is 14.8 Å². The second-order valence-corrected chi connectivity index (χ2v) is 3.56. The molecule has 1 fully saturated rings. The third kappa shape index (κ3) is 1.17. The number of primary amides is 1. The minimum absolute atomic E-state index is 0.150. The van der Waals surface area contributed by atoms with Crippen LogP contribution in [0.3, 0.4) is 0 Å². The minimum Gasteiger partial charge on any atom is -0.506 e. The van der Waals surface area contributed by atoms with Gasteiger partial charge < -0.3 is 25.4 Å². The van der Waals surface area contributed by atoms with E-state index in [0.29, 0.717) is 0 Å². The Kier molecular flexibility index (Phi) is 1.75. The van der Waals surface area contributed by atoms with E-state index in [1.54, 1.807) is 0 Å². The van der Waals surface area contributed by atoms with Crippen molar-refractivity contribution in [3.63, 3.8) is 0 Å². The molecule has 0 aromatic carbocycles. The average molecular weight is 240 g/mol. The van der Waals surface area contributed by atoms with Crippen LogP contribution in [0.4, 0.5) is 0 Å². The van der Waals surface area contributed by atoms with Gasteiger partial charge in [-0.2, -0.15) is 4.68 Å². The molecule has 3 heterocycles. The number of ether oxygens (including phenoxy) is 2. The number of epoxide rings is 1. The van der Waals surface area contributed by atoms with E-state index in [2.05, 4.69) is 10.1 Å². The highest BCUT2D eigenvalue weighted by Crippen LogP contribution is 2.54. The highest BCUT2D eigenvalue weighted by atomic mass is 16.8. The van der Waals surface area contributed by atoms with Crippen molar-refractivity contribution in [1.29, 1.82) is 0 Å². The van der Waals surface area contributed by atoms with E-state index in [1.807, 2.05) is 0 Å². The molecule has 2 aliphatic rings. The largest absolute Gasteiger partial charge is 0.506 e. The van der Waals surface area contributed by atoms with Gasteiger partial charge in [-0.3, -0.25) is 4.79 Å². The Labute approximate surface area is 94.1 Å². The molecule has 0 aliphatic carbocycles. The van der Waals surface area contributed by atoms with Crippen molar-refractivity contribution in [3.8, 4) is 0 Å². The molecule has 0 saturated carbocycles. The topological polar surface area (TPSA) is 136 Å². The van der Waals surface area contributed by atoms with Crippen molar-refractivity contribution in [2.45, 2.75) is 12.0 Å². The molecule has 90 valence electrons. The first-order chi connectivity index (χ1) is 8.08. The maximum Gasteiger partial charge on any atom is 0.382 e. The van der Waals surface area contributed by atoms with E-state index in [9.17, 15) is 9.90 Å². The summed E-state index contributed by atoms with van der Waals surface area (Å²) in [6, 6.07) is 0. The van der Waals surface area contributed by atoms with Gasteiger partial charge in [0.2, 0.25) is 11.6 Å². The van der Waals surface area contributed by atoms with Crippen LogP contribution < -0.4 is 5.73 Å². The number of aromatic nitrogens is 3. The Morgan fingerprint density at radius 1 is 1.71 bits per heavy atom. The Balaban J connectivity index is 1.95. The fourth-order valence-corrected chi connectivity index (χ4v) is 1.65. The smallest absolute Gasteiger partial charge is 0.382 e. The summed E-state index contributed by atoms with van der Waals surface area (Å²) in [5.41, 5.74) is 5.00. The van der Waals surface area contributed by atoms with Gasteiger partial charge in [-0.1, -0.05) is 0 Å². The first-order valence-corrected chi connectivity index (χ1v) is 4.71. The predicted molar refractivity (Wildman–Crippen MR) is 49.2 cm³/mol. The number of aliphatic hydroxyl groups excluding tert-OH is 2. The van der Waals surface area contributed by atoms with Gasteiger partial charge in [0.1, 0.15) is 12.4 Å². The lowest BCUT2D eigenvalue weighted by Gasteiger charge is -2.13. The normalized spacial score (nSPS) is 30.1. The molecule has 2 atom stereocenters. The average Bonchev–Trinajstić information content (AvgIpc) is 2.72. The number of carbonyl (C=O) groups excluding carboxylic acids is 1. The summed E-state index contributed by atoms with van der Waals surface area (Å²) in [5, 5.41) is 22.3. The van der Waals surface area contributed by atoms with Crippen molar-refractivity contribution in [2.75, 3.05) is 6.61 Å². The summed E-state index contributed by atoms with van der Waals surface area (Å²) >= 11 is 0. The minimum atomic E-state index is -1.39. The van der Waals surface area contributed by atoms with Crippen LogP contribution in [0.1, 0.15) is 10.6 Å². The van der Waals surface area contributed by atoms with Crippen molar-refractivity contribution in [2.24, 2.45) is 5.73 Å². The zero-order chi connectivity index (χ0) is 12.2. The maximum absolute atomic E-state index is 10.8. The monoisotopic (exact) mass is 240 g/mol. The lowest BCUT2D eigenvalue weighted by atomic mass is 10.3. The van der Waals surface area contributed by atoms with E-state index >= 15 is 0 Å². The Hall–Kier alpha value is -2.13. The van der Waals surface area contributed by atoms with Crippen LogP contribution in [0.2, 0.25) is 0 Å². The zero-order valence-electron chi connectivity index (χ0n) is 8.40. The lowest BCUT2D eigenvalue weighted by molar-refractivity contribution is -0.149. The number of hydrogen-bond acceptors (Lipinski definition) is 7. The van der Waals surface area contributed by atoms with Crippen LogP contribution in [0.5, 0.6) is 0 Å². The van der Waals surface area contributed by atoms with E-state index in [-0.39, 0.29) is 17.3 Å². The highest BCUT2D eigenvalue weighted by Gasteiger charge is 2.68. The Morgan fingerprint density at radius 2 is 2.47 bits per heavy atom. The molecule has 1 saturated heterocycles. The van der Waals surface area contributed by atoms with Gasteiger partial charge in [-0.15, -0.1) is 5.10 Å². The Bertz CT molecular complexity index is 538. The van der Waals surface area contributed by atoms with E-state index < -0.39 is 24.5 Å². The highest BCUT2D eigenvalue weighted by molar-refractivity contribution is 5.88. The molecule has 9 heteroatoms. The Morgan fingerprint density at radius 3 is 3.00 bits per heavy atom. The fourth-order valence-electron chi connectivity index (χ4n) is 1.65. The summed E-state index contributed by atoms with van der Waals surface area (Å²) in [5.74, 6) is -2.41. The SMILES string of the molecule is NC(=O)c1ncn([C@@]23OC2=C(O)C(CO)O3)n1. The standard InChI is InChI=1S/C8H8N4O5/c9-6(15)7-10-2-12(11-7)8-5(17-8)4(14)3(1-13)16-8/h2-3,13-14H,1H2,(H2,9,15)/t3?,8-/m0/s1. The molecule has 1 unspecified atom stereocenters. The maximum atomic E-state index is 10.8. The predicted octanol–water partition coefficient (Wildman–Crippen LogP) is -1.82. The first kappa shape index (κ1) is 10.1. The van der Waals surface area contributed by atoms with Gasteiger partial charge in [0, 0.05) is 0 Å². The molecule has 0 radical (unpaired) electrons. The van der Waals surface area contributed by atoms with Crippen LogP contribution in [0.25, 0.3) is 0 Å². The molecular formula is C8H8N4O5. The second-order valence-electron chi connectivity index (χ2n) is 3.56. The molecule has 1 aromatic rings. The van der Waals surface area contributed by atoms with Gasteiger partial charge >= 0.3 is 5.91 Å². The number of carbonyl (C=O) groups is 1. The summed E-state index contributed by atoms with van der Waals surface area (Å²) in [6.07, 6.45) is 0.333. The lowest BCUT2D eigenvalue weighted by Crippen LogP contribution is -2.28. The number of nitrogens with zero attached hydrogens (tertiary/aromatic N) is 3. The molecule has 0 bridgehead atoms. The molecular weight excluding hydrogens is 232 g/mol. The number of amides is 1. The van der Waals surface area contributed by atoms with Crippen LogP contribution in [-0.4, -0.2) is 43.6 Å². The third-order valence-corrected chi connectivity index (χ3v) is 2.50. The molecule has 3 rings (SSSR count). The van der Waals surface area contributed by atoms with Crippen molar-refractivity contribution in [3.05, 3.63) is 23.7 Å². The number of fused-ring (bicyclic) bond motifs is 1. The van der Waals surface area contributed by atoms with E-state index in [1.165, 1.54) is 6.33 Å². The van der Waals surface area contributed by atoms with Crippen molar-refractivity contribution < 1.29 is 24.5 Å². The van der Waals surface area contributed by atoms with Gasteiger partial charge in [0.25, 0.3) is 5.91 Å². The second kappa shape index (κ2) is 2.96. The number of nitrogens with two attached hydrogens (primary N) is 1. The van der Waals surface area contributed by atoms with E-state index in [4.69, 9.17) is 20.3 Å². The summed E-state index contributed by atoms with van der Waals surface area (Å²) in [4.78, 5) is 14.5. The van der Waals surface area contributed by atoms with Gasteiger partial charge in [-0.05, 0) is 0 Å². The molecule has 2 aliphatic heterocycles. The summed E-state index contributed by atoms with van der Waals surface area (Å²) in [7, 11) is 0. The first-order valence-electron chi connectivity index (χ1n) is 4.71. The summed E-state index contributed by atoms with van der Waals surface area (Å²) in [6.45, 7) is -0.391. The van der Waals surface area contributed by atoms with Gasteiger partial charge in [-0.25, -0.2) is 4.98 Å². The number of rotatable bonds is 3. The van der Waals surface area contributed by atoms with Crippen LogP contribution >= 0.6 is 0 Å². The molecule has 17 heavy (non-hydrogen) atoms. The fraction of sp³-hybridized carbons (Fsp3) is 0.375. The zero-order valence-corrected chi connectivity index (χ0v) is 8.40. The quantitative estimate of drug-likeness (QED) is 0.529. The third-order valence-electron chi connectivity index (χ3n) is 2.50. The number of hydrogen-bond donors (Lipinski definition) is 3. The van der Waals surface area contributed by atoms with Crippen molar-refractivity contribution >= 4 is 5.91 Å². The van der Waals surface area contributed by atoms with Crippen LogP contribution in [0, 0.1) is 0 Å². The van der Waals surface area contributed by atoms with Gasteiger partial charge in [0.05, 0.1) is 6.61 Å². The molecule has 1 amide bonds. The molecule has 0 spiro atoms. The molecule has 1 aromatic heterocycles. The van der Waals surface area contributed by atoms with Crippen LogP contribution in [-0.2, 0) is 15.4 Å². The summed E-state index contributed by atoms with van der Waals surface area (Å²) < 4.78 is 11.5. The number of aliphatic hydroxyl groups is 2. The van der Waals surface area contributed by atoms with E-state index in [0.717, 1.165) is 4.68 Å². The molecule has 4 N–H and O–H groups in total. The van der Waals surface area contributed by atoms with Crippen LogP contribution in [0.15, 0.2) is 17.8 Å². The van der Waals surface area contributed by atoms with Gasteiger partial charge in [0.15, 0.2) is 5.76 Å².